The second-order valence-electron chi connectivity index (χ2n) is 8.14. The van der Waals surface area contributed by atoms with Gasteiger partial charge in [0.05, 0.1) is 44.0 Å². The highest BCUT2D eigenvalue weighted by molar-refractivity contribution is 9.10. The van der Waals surface area contributed by atoms with Crippen LogP contribution in [0, 0.1) is 0 Å². The fourth-order valence-corrected chi connectivity index (χ4v) is 4.71. The molecule has 1 atom stereocenters. The van der Waals surface area contributed by atoms with Crippen molar-refractivity contribution in [1.82, 2.24) is 4.90 Å². The first-order valence-corrected chi connectivity index (χ1v) is 12.2. The van der Waals surface area contributed by atoms with E-state index in [0.29, 0.717) is 38.6 Å². The summed E-state index contributed by atoms with van der Waals surface area (Å²) in [5, 5.41) is 11.3. The van der Waals surface area contributed by atoms with Crippen molar-refractivity contribution in [2.75, 3.05) is 34.5 Å². The van der Waals surface area contributed by atoms with E-state index in [9.17, 15) is 14.7 Å². The summed E-state index contributed by atoms with van der Waals surface area (Å²) >= 11 is 3.41. The Morgan fingerprint density at radius 2 is 1.59 bits per heavy atom. The predicted molar refractivity (Wildman–Crippen MR) is 141 cm³/mol. The summed E-state index contributed by atoms with van der Waals surface area (Å²) in [5.41, 5.74) is 0.977. The molecule has 3 aromatic rings. The number of likely N-dealkylation sites (tertiary alicyclic amines) is 1. The fraction of sp³-hybridized carbons (Fsp3) is 0.214. The third-order valence-electron chi connectivity index (χ3n) is 6.04. The molecular weight excluding hydrogens is 542 g/mol. The van der Waals surface area contributed by atoms with E-state index in [1.165, 1.54) is 19.1 Å². The third kappa shape index (κ3) is 5.41. The van der Waals surface area contributed by atoms with Gasteiger partial charge in [0.15, 0.2) is 0 Å². The van der Waals surface area contributed by atoms with E-state index in [1.54, 1.807) is 73.8 Å². The fourth-order valence-electron chi connectivity index (χ4n) is 4.17. The topological polar surface area (TPSA) is 94.5 Å². The van der Waals surface area contributed by atoms with Crippen molar-refractivity contribution in [3.05, 3.63) is 87.9 Å². The first-order chi connectivity index (χ1) is 17.9. The van der Waals surface area contributed by atoms with Crippen LogP contribution in [0.4, 0.5) is 0 Å². The molecule has 1 saturated heterocycles. The van der Waals surface area contributed by atoms with E-state index in [4.69, 9.17) is 18.9 Å². The average Bonchev–Trinajstić information content (AvgIpc) is 3.18. The first kappa shape index (κ1) is 26.1. The molecule has 1 heterocycles. The summed E-state index contributed by atoms with van der Waals surface area (Å²) in [6.45, 7) is 0.246. The van der Waals surface area contributed by atoms with Crippen molar-refractivity contribution >= 4 is 33.4 Å². The molecule has 192 valence electrons. The monoisotopic (exact) mass is 567 g/mol. The van der Waals surface area contributed by atoms with Gasteiger partial charge in [-0.05, 0) is 76.1 Å². The molecule has 1 aliphatic heterocycles. The number of methoxy groups -OCH3 is 3. The van der Waals surface area contributed by atoms with Crippen LogP contribution >= 0.6 is 15.9 Å². The zero-order valence-electron chi connectivity index (χ0n) is 20.6. The van der Waals surface area contributed by atoms with Gasteiger partial charge >= 0.3 is 0 Å². The second kappa shape index (κ2) is 11.4. The average molecular weight is 568 g/mol. The molecular formula is C28H26BrNO7. The number of ether oxygens (including phenoxy) is 4. The van der Waals surface area contributed by atoms with E-state index in [-0.39, 0.29) is 24.5 Å². The van der Waals surface area contributed by atoms with Crippen LogP contribution in [-0.4, -0.2) is 56.2 Å². The summed E-state index contributed by atoms with van der Waals surface area (Å²) in [7, 11) is 4.64. The lowest BCUT2D eigenvalue weighted by Crippen LogP contribution is -2.33. The van der Waals surface area contributed by atoms with Gasteiger partial charge in [-0.25, -0.2) is 0 Å². The van der Waals surface area contributed by atoms with E-state index in [1.807, 2.05) is 0 Å². The largest absolute Gasteiger partial charge is 0.507 e. The molecule has 1 N–H and O–H groups in total. The van der Waals surface area contributed by atoms with E-state index in [0.717, 1.165) is 0 Å². The lowest BCUT2D eigenvalue weighted by molar-refractivity contribution is -0.140. The zero-order chi connectivity index (χ0) is 26.5. The minimum absolute atomic E-state index is 0.0141. The summed E-state index contributed by atoms with van der Waals surface area (Å²) < 4.78 is 22.2. The Bertz CT molecular complexity index is 1340. The number of aliphatic hydroxyl groups is 1. The van der Waals surface area contributed by atoms with Crippen molar-refractivity contribution in [2.24, 2.45) is 0 Å². The van der Waals surface area contributed by atoms with Gasteiger partial charge in [-0.2, -0.15) is 0 Å². The van der Waals surface area contributed by atoms with Crippen LogP contribution in [0.3, 0.4) is 0 Å². The molecule has 0 saturated carbocycles. The maximum atomic E-state index is 13.2. The number of Topliss-reactive ketones (excluding diaryl/α,β-unsaturated/α-hetero) is 1. The number of aliphatic hydroxyl groups excluding tert-OH is 1. The highest BCUT2D eigenvalue weighted by Gasteiger charge is 2.46. The van der Waals surface area contributed by atoms with E-state index in [2.05, 4.69) is 15.9 Å². The van der Waals surface area contributed by atoms with Gasteiger partial charge in [0.1, 0.15) is 35.4 Å². The minimum Gasteiger partial charge on any atom is -0.507 e. The van der Waals surface area contributed by atoms with Crippen LogP contribution in [-0.2, 0) is 9.59 Å². The van der Waals surface area contributed by atoms with E-state index >= 15 is 0 Å². The quantitative estimate of drug-likeness (QED) is 0.221. The Morgan fingerprint density at radius 3 is 2.24 bits per heavy atom. The number of nitrogens with zero attached hydrogens (tertiary/aromatic N) is 1. The predicted octanol–water partition coefficient (Wildman–Crippen LogP) is 4.98. The second-order valence-corrected chi connectivity index (χ2v) is 9.00. The van der Waals surface area contributed by atoms with Gasteiger partial charge in [-0.15, -0.1) is 0 Å². The number of ketones is 1. The molecule has 1 fully saturated rings. The molecule has 0 aromatic heterocycles. The van der Waals surface area contributed by atoms with Crippen LogP contribution in [0.1, 0.15) is 17.2 Å². The minimum atomic E-state index is -0.838. The molecule has 1 amide bonds. The van der Waals surface area contributed by atoms with Crippen molar-refractivity contribution in [2.45, 2.75) is 6.04 Å². The normalized spacial score (nSPS) is 16.5. The van der Waals surface area contributed by atoms with Gasteiger partial charge in [0.2, 0.25) is 0 Å². The van der Waals surface area contributed by atoms with Crippen LogP contribution in [0.2, 0.25) is 0 Å². The Labute approximate surface area is 223 Å². The maximum Gasteiger partial charge on any atom is 0.295 e. The molecule has 9 heteroatoms. The van der Waals surface area contributed by atoms with Crippen LogP contribution < -0.4 is 18.9 Å². The standard InChI is InChI=1S/C28H26BrNO7/c1-34-19-8-10-20(11-9-19)37-14-13-30-25(17-5-4-6-21(15-17)35-2)24(27(32)28(30)33)26(31)18-7-12-23(36-3)22(29)16-18/h4-12,15-16,25,31H,13-14H2,1-3H3/b26-24-. The SMILES string of the molecule is COc1ccc(OCCN2C(=O)C(=O)/C(=C(\O)c3ccc(OC)c(Br)c3)C2c2cccc(OC)c2)cc1. The van der Waals surface area contributed by atoms with Crippen molar-refractivity contribution in [3.63, 3.8) is 0 Å². The number of rotatable bonds is 9. The molecule has 0 bridgehead atoms. The Hall–Kier alpha value is -3.98. The number of halogens is 1. The molecule has 1 unspecified atom stereocenters. The number of carbonyl (C=O) groups excluding carboxylic acids is 2. The van der Waals surface area contributed by atoms with E-state index < -0.39 is 17.7 Å². The summed E-state index contributed by atoms with van der Waals surface area (Å²) in [5.74, 6) is 0.636. The molecule has 1 aliphatic rings. The molecule has 37 heavy (non-hydrogen) atoms. The highest BCUT2D eigenvalue weighted by atomic mass is 79.9. The smallest absolute Gasteiger partial charge is 0.295 e. The maximum absolute atomic E-state index is 13.2. The number of carbonyl (C=O) groups is 2. The van der Waals surface area contributed by atoms with Crippen molar-refractivity contribution < 1.29 is 33.6 Å². The van der Waals surface area contributed by atoms with Crippen molar-refractivity contribution in [3.8, 4) is 23.0 Å². The lowest BCUT2D eigenvalue weighted by Gasteiger charge is -2.25. The van der Waals surface area contributed by atoms with Gasteiger partial charge in [-0.3, -0.25) is 9.59 Å². The third-order valence-corrected chi connectivity index (χ3v) is 6.65. The highest BCUT2D eigenvalue weighted by Crippen LogP contribution is 2.41. The lowest BCUT2D eigenvalue weighted by atomic mass is 9.95. The molecule has 8 nitrogen and oxygen atoms in total. The van der Waals surface area contributed by atoms with Gasteiger partial charge < -0.3 is 29.0 Å². The first-order valence-electron chi connectivity index (χ1n) is 11.4. The molecule has 0 spiro atoms. The summed E-state index contributed by atoms with van der Waals surface area (Å²) in [6.07, 6.45) is 0. The Morgan fingerprint density at radius 1 is 0.892 bits per heavy atom. The number of amides is 1. The molecule has 0 radical (unpaired) electrons. The molecule has 4 rings (SSSR count). The number of benzene rings is 3. The van der Waals surface area contributed by atoms with Crippen LogP contribution in [0.25, 0.3) is 5.76 Å². The number of hydrogen-bond acceptors (Lipinski definition) is 7. The Kier molecular flexibility index (Phi) is 8.03. The zero-order valence-corrected chi connectivity index (χ0v) is 22.2. The molecule has 3 aromatic carbocycles. The Balaban J connectivity index is 1.70. The van der Waals surface area contributed by atoms with Gasteiger partial charge in [-0.1, -0.05) is 12.1 Å². The van der Waals surface area contributed by atoms with Crippen LogP contribution in [0.15, 0.2) is 76.8 Å². The van der Waals surface area contributed by atoms with Gasteiger partial charge in [0.25, 0.3) is 11.7 Å². The van der Waals surface area contributed by atoms with Crippen molar-refractivity contribution in [1.29, 1.82) is 0 Å². The molecule has 0 aliphatic carbocycles. The summed E-state index contributed by atoms with van der Waals surface area (Å²) in [6, 6.07) is 18.2. The van der Waals surface area contributed by atoms with Gasteiger partial charge in [0, 0.05) is 5.56 Å². The van der Waals surface area contributed by atoms with Crippen LogP contribution in [0.5, 0.6) is 23.0 Å². The summed E-state index contributed by atoms with van der Waals surface area (Å²) in [4.78, 5) is 27.8. The number of hydrogen-bond donors (Lipinski definition) is 1.